The Morgan fingerprint density at radius 1 is 1.21 bits per heavy atom. The number of piperidine rings is 1. The molecule has 1 aromatic carbocycles. The van der Waals surface area contributed by atoms with Crippen LogP contribution in [0.25, 0.3) is 11.4 Å². The number of rotatable bonds is 8. The molecule has 10 heteroatoms. The summed E-state index contributed by atoms with van der Waals surface area (Å²) in [7, 11) is 3.32. The van der Waals surface area contributed by atoms with Gasteiger partial charge in [-0.1, -0.05) is 29.8 Å². The topological polar surface area (TPSA) is 108 Å². The number of halogens is 1. The molecule has 1 aliphatic rings. The number of hydrogen-bond acceptors (Lipinski definition) is 8. The summed E-state index contributed by atoms with van der Waals surface area (Å²) in [6.07, 6.45) is 4.23. The van der Waals surface area contributed by atoms with Crippen molar-refractivity contribution in [1.29, 1.82) is 0 Å². The highest BCUT2D eigenvalue weighted by molar-refractivity contribution is 6.29. The minimum Gasteiger partial charge on any atom is -0.492 e. The number of nitrogens with two attached hydrogens (primary N) is 1. The molecule has 0 atom stereocenters. The van der Waals surface area contributed by atoms with E-state index in [4.69, 9.17) is 26.8 Å². The first-order chi connectivity index (χ1) is 16.4. The van der Waals surface area contributed by atoms with Crippen molar-refractivity contribution < 1.29 is 14.3 Å². The van der Waals surface area contributed by atoms with Gasteiger partial charge < -0.3 is 15.2 Å². The van der Waals surface area contributed by atoms with Crippen molar-refractivity contribution in [3.05, 3.63) is 52.8 Å². The minimum atomic E-state index is -0.105. The first-order valence-corrected chi connectivity index (χ1v) is 11.6. The number of methoxy groups -OCH3 is 1. The van der Waals surface area contributed by atoms with Crippen LogP contribution in [-0.4, -0.2) is 64.0 Å². The summed E-state index contributed by atoms with van der Waals surface area (Å²) in [6.45, 7) is 3.11. The molecule has 0 radical (unpaired) electrons. The van der Waals surface area contributed by atoms with Gasteiger partial charge in [-0.2, -0.15) is 5.10 Å². The molecule has 1 aliphatic heterocycles. The molecule has 2 aromatic heterocycles. The Balaban J connectivity index is 1.41. The Kier molecular flexibility index (Phi) is 7.64. The van der Waals surface area contributed by atoms with E-state index in [1.807, 2.05) is 31.4 Å². The zero-order valence-electron chi connectivity index (χ0n) is 19.4. The number of hydrogen-bond donors (Lipinski definition) is 1. The first kappa shape index (κ1) is 24.0. The van der Waals surface area contributed by atoms with Crippen molar-refractivity contribution in [3.63, 3.8) is 0 Å². The summed E-state index contributed by atoms with van der Waals surface area (Å²) in [5.41, 5.74) is 9.12. The van der Waals surface area contributed by atoms with Crippen molar-refractivity contribution in [2.45, 2.75) is 19.3 Å². The maximum atomic E-state index is 11.7. The quantitative estimate of drug-likeness (QED) is 0.384. The van der Waals surface area contributed by atoms with E-state index in [9.17, 15) is 4.79 Å². The number of carbonyl (C=O) groups is 1. The number of benzene rings is 1. The van der Waals surface area contributed by atoms with Gasteiger partial charge in [0.15, 0.2) is 0 Å². The summed E-state index contributed by atoms with van der Waals surface area (Å²) in [5.74, 6) is 0.851. The predicted molar refractivity (Wildman–Crippen MR) is 130 cm³/mol. The molecule has 9 nitrogen and oxygen atoms in total. The van der Waals surface area contributed by atoms with Crippen LogP contribution >= 0.6 is 11.6 Å². The lowest BCUT2D eigenvalue weighted by Crippen LogP contribution is -2.38. The molecule has 4 rings (SSSR count). The van der Waals surface area contributed by atoms with Crippen LogP contribution in [0.4, 0.5) is 5.95 Å². The summed E-state index contributed by atoms with van der Waals surface area (Å²) < 4.78 is 12.8. The van der Waals surface area contributed by atoms with E-state index < -0.39 is 0 Å². The second kappa shape index (κ2) is 10.8. The number of likely N-dealkylation sites (tertiary alicyclic amines) is 1. The second-order valence-electron chi connectivity index (χ2n) is 8.38. The number of esters is 1. The number of anilines is 1. The summed E-state index contributed by atoms with van der Waals surface area (Å²) in [6, 6.07) is 9.66. The van der Waals surface area contributed by atoms with Crippen molar-refractivity contribution in [1.82, 2.24) is 24.6 Å². The van der Waals surface area contributed by atoms with Gasteiger partial charge >= 0.3 is 5.97 Å². The molecular weight excluding hydrogens is 456 g/mol. The maximum Gasteiger partial charge on any atom is 0.308 e. The third-order valence-electron chi connectivity index (χ3n) is 6.00. The molecule has 180 valence electrons. The first-order valence-electron chi connectivity index (χ1n) is 11.3. The lowest BCUT2D eigenvalue weighted by molar-refractivity contribution is -0.147. The molecular formula is C24H29ClN6O3. The molecule has 0 bridgehead atoms. The molecule has 3 heterocycles. The molecule has 1 fully saturated rings. The largest absolute Gasteiger partial charge is 0.492 e. The number of aryl methyl sites for hydroxylation is 1. The lowest BCUT2D eigenvalue weighted by atomic mass is 9.97. The van der Waals surface area contributed by atoms with E-state index in [0.717, 1.165) is 49.4 Å². The molecule has 0 aliphatic carbocycles. The van der Waals surface area contributed by atoms with Crippen LogP contribution in [0.5, 0.6) is 5.75 Å². The van der Waals surface area contributed by atoms with Crippen LogP contribution in [0, 0.1) is 5.92 Å². The van der Waals surface area contributed by atoms with Crippen molar-refractivity contribution in [3.8, 4) is 17.1 Å². The van der Waals surface area contributed by atoms with Gasteiger partial charge in [0, 0.05) is 37.8 Å². The maximum absolute atomic E-state index is 11.7. The zero-order valence-corrected chi connectivity index (χ0v) is 20.2. The third-order valence-corrected chi connectivity index (χ3v) is 6.19. The molecule has 0 spiro atoms. The molecule has 0 unspecified atom stereocenters. The molecule has 1 saturated heterocycles. The highest BCUT2D eigenvalue weighted by atomic mass is 35.5. The van der Waals surface area contributed by atoms with Crippen LogP contribution in [0.15, 0.2) is 36.5 Å². The van der Waals surface area contributed by atoms with Gasteiger partial charge in [-0.05, 0) is 37.6 Å². The Morgan fingerprint density at radius 3 is 2.71 bits per heavy atom. The SMILES string of the molecule is COC(=O)C1CCN(CCOc2ccccc2Cc2cn(C)nc2-c2cc(Cl)nc(N)n2)CC1. The number of nitrogens with zero attached hydrogens (tertiary/aromatic N) is 5. The summed E-state index contributed by atoms with van der Waals surface area (Å²) in [4.78, 5) is 22.3. The fraction of sp³-hybridized carbons (Fsp3) is 0.417. The monoisotopic (exact) mass is 484 g/mol. The van der Waals surface area contributed by atoms with E-state index in [-0.39, 0.29) is 23.0 Å². The second-order valence-corrected chi connectivity index (χ2v) is 8.77. The summed E-state index contributed by atoms with van der Waals surface area (Å²) in [5, 5.41) is 4.85. The molecule has 0 amide bonds. The van der Waals surface area contributed by atoms with Gasteiger partial charge in [0.25, 0.3) is 0 Å². The van der Waals surface area contributed by atoms with Crippen molar-refractivity contribution >= 4 is 23.5 Å². The molecule has 0 saturated carbocycles. The van der Waals surface area contributed by atoms with Crippen LogP contribution in [0.2, 0.25) is 5.15 Å². The lowest BCUT2D eigenvalue weighted by Gasteiger charge is -2.30. The Morgan fingerprint density at radius 2 is 1.97 bits per heavy atom. The van der Waals surface area contributed by atoms with Gasteiger partial charge in [0.05, 0.1) is 18.7 Å². The average molecular weight is 485 g/mol. The Hall–Kier alpha value is -3.17. The highest BCUT2D eigenvalue weighted by Gasteiger charge is 2.25. The molecule has 34 heavy (non-hydrogen) atoms. The standard InChI is InChI=1S/C24H29ClN6O3/c1-30-15-18(22(29-30)19-14-21(25)28-24(26)27-19)13-17-5-3-4-6-20(17)34-12-11-31-9-7-16(8-10-31)23(32)33-2/h3-6,14-16H,7-13H2,1-2H3,(H2,26,27,28). The fourth-order valence-corrected chi connectivity index (χ4v) is 4.47. The number of ether oxygens (including phenoxy) is 2. The van der Waals surface area contributed by atoms with Crippen LogP contribution in [-0.2, 0) is 23.0 Å². The Labute approximate surface area is 203 Å². The predicted octanol–water partition coefficient (Wildman–Crippen LogP) is 2.97. The van der Waals surface area contributed by atoms with Crippen LogP contribution < -0.4 is 10.5 Å². The third kappa shape index (κ3) is 5.84. The van der Waals surface area contributed by atoms with E-state index in [0.29, 0.717) is 24.4 Å². The highest BCUT2D eigenvalue weighted by Crippen LogP contribution is 2.28. The van der Waals surface area contributed by atoms with E-state index >= 15 is 0 Å². The number of aromatic nitrogens is 4. The fourth-order valence-electron chi connectivity index (χ4n) is 4.28. The Bertz CT molecular complexity index is 1120. The van der Waals surface area contributed by atoms with E-state index in [2.05, 4.69) is 26.0 Å². The van der Waals surface area contributed by atoms with Crippen molar-refractivity contribution in [2.24, 2.45) is 13.0 Å². The van der Waals surface area contributed by atoms with E-state index in [1.165, 1.54) is 7.11 Å². The molecule has 2 N–H and O–H groups in total. The van der Waals surface area contributed by atoms with Gasteiger partial charge in [-0.3, -0.25) is 14.4 Å². The van der Waals surface area contributed by atoms with Crippen LogP contribution in [0.1, 0.15) is 24.0 Å². The summed E-state index contributed by atoms with van der Waals surface area (Å²) >= 11 is 6.08. The van der Waals surface area contributed by atoms with Gasteiger partial charge in [-0.15, -0.1) is 0 Å². The van der Waals surface area contributed by atoms with Crippen molar-refractivity contribution in [2.75, 3.05) is 39.1 Å². The van der Waals surface area contributed by atoms with Crippen LogP contribution in [0.3, 0.4) is 0 Å². The van der Waals surface area contributed by atoms with Gasteiger partial charge in [0.2, 0.25) is 5.95 Å². The van der Waals surface area contributed by atoms with Gasteiger partial charge in [-0.25, -0.2) is 9.97 Å². The number of para-hydroxylation sites is 1. The van der Waals surface area contributed by atoms with E-state index in [1.54, 1.807) is 10.7 Å². The average Bonchev–Trinajstić information content (AvgIpc) is 3.19. The minimum absolute atomic E-state index is 0.0108. The number of carbonyl (C=O) groups excluding carboxylic acids is 1. The van der Waals surface area contributed by atoms with Gasteiger partial charge in [0.1, 0.15) is 23.2 Å². The normalized spacial score (nSPS) is 14.8. The molecule has 3 aromatic rings. The number of nitrogen functional groups attached to an aromatic ring is 1. The smallest absolute Gasteiger partial charge is 0.308 e. The zero-order chi connectivity index (χ0) is 24.1.